The van der Waals surface area contributed by atoms with E-state index in [9.17, 15) is 9.90 Å². The van der Waals surface area contributed by atoms with Crippen molar-refractivity contribution in [3.8, 4) is 0 Å². The van der Waals surface area contributed by atoms with Crippen molar-refractivity contribution in [3.63, 3.8) is 0 Å². The first-order valence-electron chi connectivity index (χ1n) is 4.46. The number of carboxylic acid groups (broad SMARTS) is 1. The standard InChI is InChI=1S/C7H13N5O3/c1-2-7(6(13)14,3-4-15-8)5-9-11-12-10-5/h2-4,8H2,1H3,(H,13,14)(H,9,10,11,12). The van der Waals surface area contributed by atoms with E-state index in [4.69, 9.17) is 5.90 Å². The van der Waals surface area contributed by atoms with Crippen LogP contribution in [-0.4, -0.2) is 38.3 Å². The Balaban J connectivity index is 2.99. The number of aromatic nitrogens is 4. The molecule has 0 fully saturated rings. The van der Waals surface area contributed by atoms with Crippen molar-refractivity contribution in [2.45, 2.75) is 25.2 Å². The highest BCUT2D eigenvalue weighted by Gasteiger charge is 2.42. The molecule has 4 N–H and O–H groups in total. The number of nitrogens with one attached hydrogen (secondary N) is 1. The first-order valence-corrected chi connectivity index (χ1v) is 4.46. The number of rotatable bonds is 6. The van der Waals surface area contributed by atoms with Crippen LogP contribution in [0.1, 0.15) is 25.6 Å². The Labute approximate surface area is 85.8 Å². The van der Waals surface area contributed by atoms with Crippen LogP contribution in [0.5, 0.6) is 0 Å². The van der Waals surface area contributed by atoms with E-state index in [2.05, 4.69) is 25.5 Å². The van der Waals surface area contributed by atoms with E-state index in [-0.39, 0.29) is 18.9 Å². The molecule has 0 aliphatic carbocycles. The lowest BCUT2D eigenvalue weighted by molar-refractivity contribution is -0.145. The minimum Gasteiger partial charge on any atom is -0.480 e. The lowest BCUT2D eigenvalue weighted by atomic mass is 9.81. The zero-order chi connectivity index (χ0) is 11.3. The Hall–Kier alpha value is -1.54. The number of hydrogen-bond donors (Lipinski definition) is 3. The van der Waals surface area contributed by atoms with Gasteiger partial charge in [-0.05, 0) is 12.8 Å². The third-order valence-electron chi connectivity index (χ3n) is 2.43. The van der Waals surface area contributed by atoms with E-state index in [1.54, 1.807) is 6.92 Å². The Morgan fingerprint density at radius 1 is 1.73 bits per heavy atom. The lowest BCUT2D eigenvalue weighted by Crippen LogP contribution is -2.38. The molecule has 1 rings (SSSR count). The molecular formula is C7H13N5O3. The second-order valence-electron chi connectivity index (χ2n) is 3.10. The summed E-state index contributed by atoms with van der Waals surface area (Å²) in [5, 5.41) is 22.2. The molecule has 0 aromatic carbocycles. The number of nitrogens with zero attached hydrogens (tertiary/aromatic N) is 3. The first kappa shape index (κ1) is 11.5. The van der Waals surface area contributed by atoms with Crippen LogP contribution in [0.25, 0.3) is 0 Å². The predicted molar refractivity (Wildman–Crippen MR) is 48.5 cm³/mol. The monoisotopic (exact) mass is 215 g/mol. The lowest BCUT2D eigenvalue weighted by Gasteiger charge is -2.23. The van der Waals surface area contributed by atoms with Crippen LogP contribution in [0.2, 0.25) is 0 Å². The van der Waals surface area contributed by atoms with Crippen molar-refractivity contribution < 1.29 is 14.7 Å². The summed E-state index contributed by atoms with van der Waals surface area (Å²) in [6.07, 6.45) is 0.542. The summed E-state index contributed by atoms with van der Waals surface area (Å²) in [6.45, 7) is 1.86. The van der Waals surface area contributed by atoms with Gasteiger partial charge in [-0.3, -0.25) is 4.79 Å². The van der Waals surface area contributed by atoms with Gasteiger partial charge in [0.05, 0.1) is 6.61 Å². The number of H-pyrrole nitrogens is 1. The van der Waals surface area contributed by atoms with Crippen molar-refractivity contribution >= 4 is 5.97 Å². The van der Waals surface area contributed by atoms with E-state index in [1.807, 2.05) is 0 Å². The van der Waals surface area contributed by atoms with Crippen LogP contribution in [0.15, 0.2) is 0 Å². The van der Waals surface area contributed by atoms with Gasteiger partial charge in [0.2, 0.25) is 0 Å². The number of carboxylic acids is 1. The molecule has 0 bridgehead atoms. The summed E-state index contributed by atoms with van der Waals surface area (Å²) in [4.78, 5) is 15.6. The maximum absolute atomic E-state index is 11.2. The Bertz CT molecular complexity index is 314. The summed E-state index contributed by atoms with van der Waals surface area (Å²) in [5.74, 6) is 4.02. The molecule has 0 aliphatic heterocycles. The Morgan fingerprint density at radius 3 is 2.87 bits per heavy atom. The molecule has 15 heavy (non-hydrogen) atoms. The van der Waals surface area contributed by atoms with Crippen molar-refractivity contribution in [2.24, 2.45) is 5.90 Å². The van der Waals surface area contributed by atoms with E-state index in [0.29, 0.717) is 6.42 Å². The number of nitrogens with two attached hydrogens (primary N) is 1. The van der Waals surface area contributed by atoms with Crippen molar-refractivity contribution in [3.05, 3.63) is 5.82 Å². The molecule has 0 amide bonds. The predicted octanol–water partition coefficient (Wildman–Crippen LogP) is -0.787. The van der Waals surface area contributed by atoms with Gasteiger partial charge in [0.1, 0.15) is 5.41 Å². The molecule has 0 saturated heterocycles. The summed E-state index contributed by atoms with van der Waals surface area (Å²) < 4.78 is 0. The summed E-state index contributed by atoms with van der Waals surface area (Å²) in [5.41, 5.74) is -1.19. The minimum absolute atomic E-state index is 0.120. The molecule has 0 spiro atoms. The van der Waals surface area contributed by atoms with Crippen LogP contribution < -0.4 is 5.90 Å². The maximum atomic E-state index is 11.2. The second kappa shape index (κ2) is 4.80. The number of aliphatic carboxylic acids is 1. The fourth-order valence-corrected chi connectivity index (χ4v) is 1.40. The number of aromatic amines is 1. The van der Waals surface area contributed by atoms with E-state index < -0.39 is 11.4 Å². The quantitative estimate of drug-likeness (QED) is 0.530. The summed E-state index contributed by atoms with van der Waals surface area (Å²) in [6, 6.07) is 0. The third kappa shape index (κ3) is 2.10. The number of hydrogen-bond acceptors (Lipinski definition) is 6. The van der Waals surface area contributed by atoms with Gasteiger partial charge in [-0.2, -0.15) is 5.21 Å². The van der Waals surface area contributed by atoms with Crippen LogP contribution >= 0.6 is 0 Å². The molecule has 0 radical (unpaired) electrons. The van der Waals surface area contributed by atoms with Crippen LogP contribution in [0.3, 0.4) is 0 Å². The molecule has 1 heterocycles. The molecule has 8 nitrogen and oxygen atoms in total. The zero-order valence-electron chi connectivity index (χ0n) is 8.30. The third-order valence-corrected chi connectivity index (χ3v) is 2.43. The molecule has 1 unspecified atom stereocenters. The van der Waals surface area contributed by atoms with E-state index in [1.165, 1.54) is 0 Å². The first-order chi connectivity index (χ1) is 7.17. The molecule has 1 aromatic heterocycles. The van der Waals surface area contributed by atoms with Crippen LogP contribution in [0.4, 0.5) is 0 Å². The topological polar surface area (TPSA) is 127 Å². The average molecular weight is 215 g/mol. The largest absolute Gasteiger partial charge is 0.480 e. The highest BCUT2D eigenvalue weighted by Crippen LogP contribution is 2.28. The van der Waals surface area contributed by atoms with Crippen molar-refractivity contribution in [1.82, 2.24) is 20.6 Å². The summed E-state index contributed by atoms with van der Waals surface area (Å²) >= 11 is 0. The molecule has 1 aromatic rings. The van der Waals surface area contributed by atoms with E-state index >= 15 is 0 Å². The molecular weight excluding hydrogens is 202 g/mol. The van der Waals surface area contributed by atoms with Gasteiger partial charge in [-0.25, -0.2) is 5.90 Å². The Morgan fingerprint density at radius 2 is 2.47 bits per heavy atom. The SMILES string of the molecule is CCC(CCON)(C(=O)O)c1nn[nH]n1. The fraction of sp³-hybridized carbons (Fsp3) is 0.714. The van der Waals surface area contributed by atoms with Gasteiger partial charge in [0, 0.05) is 0 Å². The molecule has 1 atom stereocenters. The molecule has 0 saturated carbocycles. The maximum Gasteiger partial charge on any atom is 0.317 e. The van der Waals surface area contributed by atoms with E-state index in [0.717, 1.165) is 0 Å². The molecule has 84 valence electrons. The minimum atomic E-state index is -1.19. The normalized spacial score (nSPS) is 14.8. The smallest absolute Gasteiger partial charge is 0.317 e. The Kier molecular flexibility index (Phi) is 3.69. The summed E-state index contributed by atoms with van der Waals surface area (Å²) in [7, 11) is 0. The molecule has 0 aliphatic rings. The zero-order valence-corrected chi connectivity index (χ0v) is 8.30. The highest BCUT2D eigenvalue weighted by atomic mass is 16.6. The van der Waals surface area contributed by atoms with Gasteiger partial charge in [0.15, 0.2) is 5.82 Å². The fourth-order valence-electron chi connectivity index (χ4n) is 1.40. The van der Waals surface area contributed by atoms with Crippen LogP contribution in [-0.2, 0) is 15.0 Å². The van der Waals surface area contributed by atoms with Gasteiger partial charge in [0.25, 0.3) is 0 Å². The number of tetrazole rings is 1. The molecule has 8 heteroatoms. The van der Waals surface area contributed by atoms with Crippen LogP contribution in [0, 0.1) is 0 Å². The van der Waals surface area contributed by atoms with Crippen molar-refractivity contribution in [1.29, 1.82) is 0 Å². The second-order valence-corrected chi connectivity index (χ2v) is 3.10. The van der Waals surface area contributed by atoms with Gasteiger partial charge in [-0.15, -0.1) is 10.2 Å². The average Bonchev–Trinajstić information content (AvgIpc) is 2.73. The van der Waals surface area contributed by atoms with Gasteiger partial charge in [-0.1, -0.05) is 12.1 Å². The highest BCUT2D eigenvalue weighted by molar-refractivity contribution is 5.79. The number of carbonyl (C=O) groups is 1. The van der Waals surface area contributed by atoms with Gasteiger partial charge < -0.3 is 9.94 Å². The van der Waals surface area contributed by atoms with Gasteiger partial charge >= 0.3 is 5.97 Å². The van der Waals surface area contributed by atoms with Crippen molar-refractivity contribution in [2.75, 3.05) is 6.61 Å².